The molecule has 1 aromatic rings. The lowest BCUT2D eigenvalue weighted by Crippen LogP contribution is -2.32. The normalized spacial score (nSPS) is 12.7. The second kappa shape index (κ2) is 8.93. The van der Waals surface area contributed by atoms with Gasteiger partial charge in [0.25, 0.3) is 0 Å². The molecule has 1 aromatic heterocycles. The summed E-state index contributed by atoms with van der Waals surface area (Å²) in [6.45, 7) is 7.59. The maximum Gasteiger partial charge on any atom is 0.0574 e. The molecule has 1 unspecified atom stereocenters. The fourth-order valence-electron chi connectivity index (χ4n) is 2.31. The molecule has 0 aliphatic rings. The van der Waals surface area contributed by atoms with E-state index >= 15 is 0 Å². The number of nitrogens with zero attached hydrogens (tertiary/aromatic N) is 3. The lowest BCUT2D eigenvalue weighted by atomic mass is 10.1. The topological polar surface area (TPSA) is 31.4 Å². The van der Waals surface area contributed by atoms with Gasteiger partial charge in [0.2, 0.25) is 0 Å². The van der Waals surface area contributed by atoms with Crippen molar-refractivity contribution < 1.29 is 0 Å². The molecular formula is C16H30N4. The van der Waals surface area contributed by atoms with Crippen LogP contribution in [0.4, 0.5) is 5.69 Å². The molecule has 0 aliphatic heterocycles. The molecule has 4 nitrogen and oxygen atoms in total. The van der Waals surface area contributed by atoms with E-state index in [9.17, 15) is 0 Å². The van der Waals surface area contributed by atoms with E-state index in [1.165, 1.54) is 5.69 Å². The Morgan fingerprint density at radius 1 is 1.15 bits per heavy atom. The van der Waals surface area contributed by atoms with Gasteiger partial charge in [-0.15, -0.1) is 0 Å². The molecule has 1 N–H and O–H groups in total. The third-order valence-electron chi connectivity index (χ3n) is 3.56. The Kier molecular flexibility index (Phi) is 7.55. The van der Waals surface area contributed by atoms with Crippen molar-refractivity contribution in [2.24, 2.45) is 0 Å². The quantitative estimate of drug-likeness (QED) is 0.752. The highest BCUT2D eigenvalue weighted by Gasteiger charge is 2.10. The van der Waals surface area contributed by atoms with Gasteiger partial charge in [0.05, 0.1) is 17.6 Å². The zero-order valence-electron chi connectivity index (χ0n) is 13.7. The van der Waals surface area contributed by atoms with Crippen molar-refractivity contribution in [3.05, 3.63) is 24.0 Å². The molecule has 0 radical (unpaired) electrons. The predicted molar refractivity (Wildman–Crippen MR) is 87.4 cm³/mol. The molecule has 0 saturated heterocycles. The summed E-state index contributed by atoms with van der Waals surface area (Å²) in [6.07, 6.45) is 4.23. The van der Waals surface area contributed by atoms with Gasteiger partial charge in [-0.1, -0.05) is 13.8 Å². The molecule has 1 heterocycles. The SMILES string of the molecule is CCCN(CCN(C)C)c1ccc(C(CC)NC)nc1. The van der Waals surface area contributed by atoms with Gasteiger partial charge in [-0.3, -0.25) is 4.98 Å². The van der Waals surface area contributed by atoms with Gasteiger partial charge < -0.3 is 15.1 Å². The Balaban J connectivity index is 2.76. The van der Waals surface area contributed by atoms with Crippen molar-refractivity contribution >= 4 is 5.69 Å². The lowest BCUT2D eigenvalue weighted by Gasteiger charge is -2.26. The van der Waals surface area contributed by atoms with Crippen molar-refractivity contribution in [2.45, 2.75) is 32.7 Å². The maximum absolute atomic E-state index is 4.63. The smallest absolute Gasteiger partial charge is 0.0574 e. The van der Waals surface area contributed by atoms with E-state index in [2.05, 4.69) is 60.2 Å². The molecule has 1 rings (SSSR count). The van der Waals surface area contributed by atoms with Crippen molar-refractivity contribution in [3.63, 3.8) is 0 Å². The summed E-state index contributed by atoms with van der Waals surface area (Å²) in [5.41, 5.74) is 2.35. The number of likely N-dealkylation sites (N-methyl/N-ethyl adjacent to an activating group) is 1. The average Bonchev–Trinajstić information content (AvgIpc) is 2.45. The van der Waals surface area contributed by atoms with Gasteiger partial charge in [-0.05, 0) is 46.1 Å². The Morgan fingerprint density at radius 2 is 1.90 bits per heavy atom. The van der Waals surface area contributed by atoms with Crippen molar-refractivity contribution in [1.29, 1.82) is 0 Å². The molecule has 1 atom stereocenters. The van der Waals surface area contributed by atoms with Gasteiger partial charge in [0.1, 0.15) is 0 Å². The van der Waals surface area contributed by atoms with E-state index in [0.717, 1.165) is 38.2 Å². The van der Waals surface area contributed by atoms with E-state index in [0.29, 0.717) is 6.04 Å². The maximum atomic E-state index is 4.63. The number of hydrogen-bond acceptors (Lipinski definition) is 4. The zero-order valence-corrected chi connectivity index (χ0v) is 13.7. The number of rotatable bonds is 9. The first-order valence-electron chi connectivity index (χ1n) is 7.65. The molecule has 0 spiro atoms. The van der Waals surface area contributed by atoms with E-state index in [1.807, 2.05) is 13.2 Å². The van der Waals surface area contributed by atoms with Gasteiger partial charge in [-0.2, -0.15) is 0 Å². The Bertz CT molecular complexity index is 357. The summed E-state index contributed by atoms with van der Waals surface area (Å²) in [5, 5.41) is 3.30. The Labute approximate surface area is 124 Å². The molecule has 114 valence electrons. The number of aromatic nitrogens is 1. The van der Waals surface area contributed by atoms with Gasteiger partial charge >= 0.3 is 0 Å². The largest absolute Gasteiger partial charge is 0.369 e. The number of pyridine rings is 1. The van der Waals surface area contributed by atoms with Crippen LogP contribution in [0, 0.1) is 0 Å². The highest BCUT2D eigenvalue weighted by Crippen LogP contribution is 2.18. The molecule has 20 heavy (non-hydrogen) atoms. The van der Waals surface area contributed by atoms with E-state index in [-0.39, 0.29) is 0 Å². The van der Waals surface area contributed by atoms with Crippen LogP contribution in [-0.4, -0.2) is 50.7 Å². The lowest BCUT2D eigenvalue weighted by molar-refractivity contribution is 0.413. The highest BCUT2D eigenvalue weighted by atomic mass is 15.2. The van der Waals surface area contributed by atoms with Crippen LogP contribution in [-0.2, 0) is 0 Å². The van der Waals surface area contributed by atoms with Crippen LogP contribution in [0.25, 0.3) is 0 Å². The molecule has 0 fully saturated rings. The molecule has 0 aliphatic carbocycles. The summed E-state index contributed by atoms with van der Waals surface area (Å²) < 4.78 is 0. The molecular weight excluding hydrogens is 248 g/mol. The standard InChI is InChI=1S/C16H30N4/c1-6-10-20(12-11-19(4)5)14-8-9-16(18-13-14)15(7-2)17-3/h8-9,13,15,17H,6-7,10-12H2,1-5H3. The molecule has 0 amide bonds. The Hall–Kier alpha value is -1.13. The highest BCUT2D eigenvalue weighted by molar-refractivity contribution is 5.44. The minimum Gasteiger partial charge on any atom is -0.369 e. The third kappa shape index (κ3) is 5.10. The van der Waals surface area contributed by atoms with Crippen LogP contribution in [0.2, 0.25) is 0 Å². The first-order chi connectivity index (χ1) is 9.62. The van der Waals surface area contributed by atoms with Crippen molar-refractivity contribution in [2.75, 3.05) is 45.7 Å². The molecule has 4 heteroatoms. The van der Waals surface area contributed by atoms with Crippen LogP contribution < -0.4 is 10.2 Å². The monoisotopic (exact) mass is 278 g/mol. The molecule has 0 bridgehead atoms. The fourth-order valence-corrected chi connectivity index (χ4v) is 2.31. The first-order valence-corrected chi connectivity index (χ1v) is 7.65. The van der Waals surface area contributed by atoms with Crippen molar-refractivity contribution in [1.82, 2.24) is 15.2 Å². The third-order valence-corrected chi connectivity index (χ3v) is 3.56. The van der Waals surface area contributed by atoms with E-state index in [1.54, 1.807) is 0 Å². The number of nitrogens with one attached hydrogen (secondary N) is 1. The second-order valence-electron chi connectivity index (χ2n) is 5.48. The summed E-state index contributed by atoms with van der Waals surface area (Å²) in [4.78, 5) is 9.27. The molecule has 0 aromatic carbocycles. The number of hydrogen-bond donors (Lipinski definition) is 1. The first kappa shape index (κ1) is 16.9. The van der Waals surface area contributed by atoms with Crippen LogP contribution >= 0.6 is 0 Å². The molecule has 0 saturated carbocycles. The van der Waals surface area contributed by atoms with Gasteiger partial charge in [0, 0.05) is 25.7 Å². The summed E-state index contributed by atoms with van der Waals surface area (Å²) >= 11 is 0. The Morgan fingerprint density at radius 3 is 2.35 bits per heavy atom. The summed E-state index contributed by atoms with van der Waals surface area (Å²) in [6, 6.07) is 4.71. The van der Waals surface area contributed by atoms with Gasteiger partial charge in [0.15, 0.2) is 0 Å². The van der Waals surface area contributed by atoms with Crippen LogP contribution in [0.3, 0.4) is 0 Å². The van der Waals surface area contributed by atoms with E-state index in [4.69, 9.17) is 0 Å². The van der Waals surface area contributed by atoms with Crippen LogP contribution in [0.1, 0.15) is 38.4 Å². The summed E-state index contributed by atoms with van der Waals surface area (Å²) in [7, 11) is 6.22. The zero-order chi connectivity index (χ0) is 15.0. The van der Waals surface area contributed by atoms with Gasteiger partial charge in [-0.25, -0.2) is 0 Å². The fraction of sp³-hybridized carbons (Fsp3) is 0.688. The average molecular weight is 278 g/mol. The summed E-state index contributed by atoms with van der Waals surface area (Å²) in [5.74, 6) is 0. The minimum absolute atomic E-state index is 0.352. The van der Waals surface area contributed by atoms with Crippen molar-refractivity contribution in [3.8, 4) is 0 Å². The number of anilines is 1. The predicted octanol–water partition coefficient (Wildman–Crippen LogP) is 2.53. The van der Waals surface area contributed by atoms with E-state index < -0.39 is 0 Å². The minimum atomic E-state index is 0.352. The second-order valence-corrected chi connectivity index (χ2v) is 5.48. The van der Waals surface area contributed by atoms with Crippen LogP contribution in [0.5, 0.6) is 0 Å². The van der Waals surface area contributed by atoms with Crippen LogP contribution in [0.15, 0.2) is 18.3 Å².